The van der Waals surface area contributed by atoms with Crippen LogP contribution >= 0.6 is 11.3 Å². The van der Waals surface area contributed by atoms with Gasteiger partial charge in [0.15, 0.2) is 0 Å². The molecule has 6 heteroatoms. The molecule has 2 rings (SSSR count). The van der Waals surface area contributed by atoms with Gasteiger partial charge in [0, 0.05) is 5.38 Å². The van der Waals surface area contributed by atoms with E-state index in [2.05, 4.69) is 10.3 Å². The molecule has 128 valence electrons. The summed E-state index contributed by atoms with van der Waals surface area (Å²) in [4.78, 5) is 28.6. The average molecular weight is 346 g/mol. The monoisotopic (exact) mass is 346 g/mol. The quantitative estimate of drug-likeness (QED) is 0.782. The summed E-state index contributed by atoms with van der Waals surface area (Å²) in [6.07, 6.45) is 0.124. The van der Waals surface area contributed by atoms with Gasteiger partial charge in [-0.3, -0.25) is 9.59 Å². The van der Waals surface area contributed by atoms with E-state index in [1.807, 2.05) is 42.6 Å². The van der Waals surface area contributed by atoms with Crippen LogP contribution in [-0.4, -0.2) is 23.0 Å². The Balaban J connectivity index is 2.05. The zero-order valence-corrected chi connectivity index (χ0v) is 14.9. The second kappa shape index (κ2) is 8.59. The van der Waals surface area contributed by atoms with E-state index in [0.717, 1.165) is 16.3 Å². The molecule has 0 aliphatic carbocycles. The predicted molar refractivity (Wildman–Crippen MR) is 93.7 cm³/mol. The second-order valence-corrected chi connectivity index (χ2v) is 6.87. The Morgan fingerprint density at radius 1 is 1.25 bits per heavy atom. The number of rotatable bonds is 7. The predicted octanol–water partition coefficient (Wildman–Crippen LogP) is 3.19. The van der Waals surface area contributed by atoms with Gasteiger partial charge in [-0.2, -0.15) is 0 Å². The van der Waals surface area contributed by atoms with Crippen molar-refractivity contribution in [3.05, 3.63) is 52.0 Å². The minimum atomic E-state index is -0.412. The summed E-state index contributed by atoms with van der Waals surface area (Å²) in [7, 11) is 0. The van der Waals surface area contributed by atoms with Crippen LogP contribution in [0.25, 0.3) is 0 Å². The third-order valence-corrected chi connectivity index (χ3v) is 4.11. The second-order valence-electron chi connectivity index (χ2n) is 5.81. The highest BCUT2D eigenvalue weighted by atomic mass is 32.1. The smallest absolute Gasteiger partial charge is 0.308 e. The molecule has 1 unspecified atom stereocenters. The Hall–Kier alpha value is -2.21. The molecular formula is C18H22N2O3S. The maximum atomic E-state index is 12.3. The zero-order chi connectivity index (χ0) is 17.5. The molecule has 0 radical (unpaired) electrons. The molecule has 0 saturated heterocycles. The highest BCUT2D eigenvalue weighted by Crippen LogP contribution is 2.18. The van der Waals surface area contributed by atoms with Crippen molar-refractivity contribution in [2.45, 2.75) is 45.8 Å². The van der Waals surface area contributed by atoms with E-state index in [1.54, 1.807) is 13.8 Å². The van der Waals surface area contributed by atoms with Crippen molar-refractivity contribution in [3.8, 4) is 0 Å². The molecule has 1 aromatic heterocycles. The van der Waals surface area contributed by atoms with Crippen LogP contribution < -0.4 is 5.32 Å². The van der Waals surface area contributed by atoms with Gasteiger partial charge in [0.1, 0.15) is 0 Å². The first-order chi connectivity index (χ1) is 11.4. The lowest BCUT2D eigenvalue weighted by Crippen LogP contribution is -2.32. The molecule has 5 nitrogen and oxygen atoms in total. The summed E-state index contributed by atoms with van der Waals surface area (Å²) in [6.45, 7) is 5.51. The summed E-state index contributed by atoms with van der Waals surface area (Å²) in [5, 5.41) is 5.72. The molecular weight excluding hydrogens is 324 g/mol. The van der Waals surface area contributed by atoms with Crippen molar-refractivity contribution in [3.63, 3.8) is 0 Å². The maximum absolute atomic E-state index is 12.3. The molecule has 0 saturated carbocycles. The number of ether oxygens (including phenoxy) is 1. The third kappa shape index (κ3) is 5.77. The molecule has 1 atom stereocenters. The number of amides is 1. The third-order valence-electron chi connectivity index (χ3n) is 3.28. The van der Waals surface area contributed by atoms with E-state index in [9.17, 15) is 9.59 Å². The first-order valence-corrected chi connectivity index (χ1v) is 8.77. The number of benzene rings is 1. The van der Waals surface area contributed by atoms with Gasteiger partial charge in [-0.05, 0) is 26.3 Å². The van der Waals surface area contributed by atoms with Crippen LogP contribution in [0.5, 0.6) is 0 Å². The molecule has 1 N–H and O–H groups in total. The van der Waals surface area contributed by atoms with Crippen LogP contribution in [0, 0.1) is 6.92 Å². The Kier molecular flexibility index (Phi) is 6.49. The summed E-state index contributed by atoms with van der Waals surface area (Å²) >= 11 is 1.51. The summed E-state index contributed by atoms with van der Waals surface area (Å²) < 4.78 is 5.20. The molecule has 1 aromatic carbocycles. The highest BCUT2D eigenvalue weighted by Gasteiger charge is 2.20. The van der Waals surface area contributed by atoms with Gasteiger partial charge in [-0.1, -0.05) is 30.3 Å². The van der Waals surface area contributed by atoms with E-state index in [-0.39, 0.29) is 30.8 Å². The largest absolute Gasteiger partial charge is 0.463 e. The van der Waals surface area contributed by atoms with Gasteiger partial charge >= 0.3 is 5.97 Å². The molecule has 0 aliphatic heterocycles. The van der Waals surface area contributed by atoms with Crippen LogP contribution in [0.15, 0.2) is 35.7 Å². The van der Waals surface area contributed by atoms with E-state index < -0.39 is 6.04 Å². The number of nitrogens with one attached hydrogen (secondary N) is 1. The SMILES string of the molecule is Cc1nc(CC(=O)NC(CC(=O)OC(C)C)c2ccccc2)cs1. The van der Waals surface area contributed by atoms with Crippen LogP contribution in [0.1, 0.15) is 42.6 Å². The van der Waals surface area contributed by atoms with Crippen molar-refractivity contribution >= 4 is 23.2 Å². The van der Waals surface area contributed by atoms with Crippen LogP contribution in [0.3, 0.4) is 0 Å². The molecule has 0 bridgehead atoms. The lowest BCUT2D eigenvalue weighted by Gasteiger charge is -2.19. The number of esters is 1. The fourth-order valence-electron chi connectivity index (χ4n) is 2.31. The number of carbonyl (C=O) groups excluding carboxylic acids is 2. The van der Waals surface area contributed by atoms with Gasteiger partial charge in [-0.25, -0.2) is 4.98 Å². The summed E-state index contributed by atoms with van der Waals surface area (Å²) in [5.74, 6) is -0.491. The van der Waals surface area contributed by atoms with Crippen LogP contribution in [0.2, 0.25) is 0 Å². The highest BCUT2D eigenvalue weighted by molar-refractivity contribution is 7.09. The van der Waals surface area contributed by atoms with Crippen molar-refractivity contribution in [1.82, 2.24) is 10.3 Å². The van der Waals surface area contributed by atoms with E-state index in [0.29, 0.717) is 0 Å². The van der Waals surface area contributed by atoms with Gasteiger partial charge in [0.2, 0.25) is 5.91 Å². The van der Waals surface area contributed by atoms with Crippen molar-refractivity contribution in [1.29, 1.82) is 0 Å². The minimum Gasteiger partial charge on any atom is -0.463 e. The Morgan fingerprint density at radius 3 is 2.54 bits per heavy atom. The number of aryl methyl sites for hydroxylation is 1. The summed E-state index contributed by atoms with van der Waals surface area (Å²) in [6, 6.07) is 9.02. The fraction of sp³-hybridized carbons (Fsp3) is 0.389. The van der Waals surface area contributed by atoms with Gasteiger partial charge in [0.05, 0.1) is 35.7 Å². The van der Waals surface area contributed by atoms with Crippen LogP contribution in [0.4, 0.5) is 0 Å². The molecule has 0 spiro atoms. The first kappa shape index (κ1) is 18.1. The van der Waals surface area contributed by atoms with Crippen molar-refractivity contribution < 1.29 is 14.3 Å². The summed E-state index contributed by atoms with van der Waals surface area (Å²) in [5.41, 5.74) is 1.62. The molecule has 24 heavy (non-hydrogen) atoms. The number of carbonyl (C=O) groups is 2. The molecule has 2 aromatic rings. The molecule has 0 fully saturated rings. The topological polar surface area (TPSA) is 68.3 Å². The number of hydrogen-bond donors (Lipinski definition) is 1. The van der Waals surface area contributed by atoms with E-state index in [1.165, 1.54) is 11.3 Å². The number of nitrogens with zero attached hydrogens (tertiary/aromatic N) is 1. The van der Waals surface area contributed by atoms with Crippen molar-refractivity contribution in [2.75, 3.05) is 0 Å². The number of thiazole rings is 1. The number of aromatic nitrogens is 1. The van der Waals surface area contributed by atoms with Gasteiger partial charge in [0.25, 0.3) is 0 Å². The minimum absolute atomic E-state index is 0.101. The first-order valence-electron chi connectivity index (χ1n) is 7.89. The van der Waals surface area contributed by atoms with Crippen LogP contribution in [-0.2, 0) is 20.7 Å². The van der Waals surface area contributed by atoms with Crippen molar-refractivity contribution in [2.24, 2.45) is 0 Å². The molecule has 1 amide bonds. The lowest BCUT2D eigenvalue weighted by atomic mass is 10.0. The Bertz CT molecular complexity index is 683. The average Bonchev–Trinajstić information content (AvgIpc) is 2.91. The van der Waals surface area contributed by atoms with Gasteiger partial charge < -0.3 is 10.1 Å². The lowest BCUT2D eigenvalue weighted by molar-refractivity contribution is -0.148. The fourth-order valence-corrected chi connectivity index (χ4v) is 2.93. The standard InChI is InChI=1S/C18H22N2O3S/c1-12(2)23-18(22)10-16(14-7-5-4-6-8-14)20-17(21)9-15-11-24-13(3)19-15/h4-8,11-12,16H,9-10H2,1-3H3,(H,20,21). The normalized spacial score (nSPS) is 12.0. The molecule has 1 heterocycles. The van der Waals surface area contributed by atoms with E-state index in [4.69, 9.17) is 4.74 Å². The maximum Gasteiger partial charge on any atom is 0.308 e. The molecule has 0 aliphatic rings. The zero-order valence-electron chi connectivity index (χ0n) is 14.1. The Labute approximate surface area is 146 Å². The Morgan fingerprint density at radius 2 is 1.96 bits per heavy atom. The number of hydrogen-bond acceptors (Lipinski definition) is 5. The van der Waals surface area contributed by atoms with Gasteiger partial charge in [-0.15, -0.1) is 11.3 Å². The van der Waals surface area contributed by atoms with E-state index >= 15 is 0 Å².